The van der Waals surface area contributed by atoms with Gasteiger partial charge >= 0.3 is 0 Å². The number of thiophene rings is 2. The Morgan fingerprint density at radius 1 is 1.14 bits per heavy atom. The van der Waals surface area contributed by atoms with E-state index in [0.717, 1.165) is 31.9 Å². The van der Waals surface area contributed by atoms with E-state index in [1.807, 2.05) is 18.4 Å². The molecule has 0 amide bonds. The first kappa shape index (κ1) is 19.2. The quantitative estimate of drug-likeness (QED) is 0.327. The van der Waals surface area contributed by atoms with Gasteiger partial charge in [-0.3, -0.25) is 4.99 Å². The standard InChI is InChI=1S/C14H18IN3S2.HI/c1-16-14(17-8-6-11-3-2-10-19-11)18-9-7-12-4-5-13(15)20-12;/h2-5,10H,6-9H2,1H3,(H2,16,17,18);1H. The summed E-state index contributed by atoms with van der Waals surface area (Å²) in [4.78, 5) is 7.06. The predicted octanol–water partition coefficient (Wildman–Crippen LogP) is 3.98. The number of guanidine groups is 1. The van der Waals surface area contributed by atoms with Crippen molar-refractivity contribution in [3.8, 4) is 0 Å². The molecule has 0 spiro atoms. The zero-order valence-corrected chi connectivity index (χ0v) is 17.9. The van der Waals surface area contributed by atoms with Gasteiger partial charge in [0.15, 0.2) is 5.96 Å². The molecule has 0 bridgehead atoms. The highest BCUT2D eigenvalue weighted by molar-refractivity contribution is 14.1. The van der Waals surface area contributed by atoms with Crippen molar-refractivity contribution in [3.63, 3.8) is 0 Å². The fraction of sp³-hybridized carbons (Fsp3) is 0.357. The van der Waals surface area contributed by atoms with Crippen molar-refractivity contribution in [2.45, 2.75) is 12.8 Å². The summed E-state index contributed by atoms with van der Waals surface area (Å²) in [5.74, 6) is 0.882. The molecule has 2 aromatic heterocycles. The molecule has 2 heterocycles. The molecule has 0 atom stereocenters. The molecule has 0 saturated heterocycles. The molecule has 0 radical (unpaired) electrons. The Labute approximate surface area is 164 Å². The van der Waals surface area contributed by atoms with Gasteiger partial charge in [-0.2, -0.15) is 0 Å². The highest BCUT2D eigenvalue weighted by atomic mass is 127. The molecular weight excluding hydrogens is 528 g/mol. The lowest BCUT2D eigenvalue weighted by molar-refractivity contribution is 0.791. The minimum Gasteiger partial charge on any atom is -0.356 e. The van der Waals surface area contributed by atoms with Gasteiger partial charge in [0.1, 0.15) is 0 Å². The molecular formula is C14H19I2N3S2. The largest absolute Gasteiger partial charge is 0.356 e. The van der Waals surface area contributed by atoms with Crippen LogP contribution in [-0.2, 0) is 12.8 Å². The molecule has 21 heavy (non-hydrogen) atoms. The van der Waals surface area contributed by atoms with Gasteiger partial charge in [0.25, 0.3) is 0 Å². The molecule has 116 valence electrons. The van der Waals surface area contributed by atoms with Gasteiger partial charge < -0.3 is 10.6 Å². The van der Waals surface area contributed by atoms with Crippen LogP contribution in [0.5, 0.6) is 0 Å². The third kappa shape index (κ3) is 7.29. The second kappa shape index (κ2) is 10.8. The molecule has 0 unspecified atom stereocenters. The highest BCUT2D eigenvalue weighted by Gasteiger charge is 2.00. The number of aliphatic imine (C=N–C) groups is 1. The van der Waals surface area contributed by atoms with Crippen molar-refractivity contribution >= 4 is 75.2 Å². The zero-order valence-electron chi connectivity index (χ0n) is 11.8. The molecule has 0 aliphatic heterocycles. The van der Waals surface area contributed by atoms with Crippen LogP contribution in [0.4, 0.5) is 0 Å². The maximum absolute atomic E-state index is 4.24. The third-order valence-electron chi connectivity index (χ3n) is 2.76. The Hall–Kier alpha value is 0.130. The Morgan fingerprint density at radius 3 is 2.38 bits per heavy atom. The number of rotatable bonds is 6. The van der Waals surface area contributed by atoms with Crippen LogP contribution in [0, 0.1) is 2.88 Å². The summed E-state index contributed by atoms with van der Waals surface area (Å²) < 4.78 is 1.34. The van der Waals surface area contributed by atoms with Crippen LogP contribution in [0.25, 0.3) is 0 Å². The van der Waals surface area contributed by atoms with Crippen molar-refractivity contribution in [1.29, 1.82) is 0 Å². The monoisotopic (exact) mass is 547 g/mol. The highest BCUT2D eigenvalue weighted by Crippen LogP contribution is 2.18. The molecule has 2 aromatic rings. The van der Waals surface area contributed by atoms with E-state index in [9.17, 15) is 0 Å². The SMILES string of the molecule is CN=C(NCCc1cccs1)NCCc1ccc(I)s1.I. The fourth-order valence-electron chi connectivity index (χ4n) is 1.77. The summed E-state index contributed by atoms with van der Waals surface area (Å²) in [6.07, 6.45) is 2.08. The van der Waals surface area contributed by atoms with Gasteiger partial charge in [0.2, 0.25) is 0 Å². The van der Waals surface area contributed by atoms with Crippen LogP contribution >= 0.6 is 69.2 Å². The third-order valence-corrected chi connectivity index (χ3v) is 5.65. The van der Waals surface area contributed by atoms with E-state index >= 15 is 0 Å². The number of nitrogens with zero attached hydrogens (tertiary/aromatic N) is 1. The maximum Gasteiger partial charge on any atom is 0.190 e. The van der Waals surface area contributed by atoms with E-state index in [0.29, 0.717) is 0 Å². The number of hydrogen-bond donors (Lipinski definition) is 2. The Balaban J connectivity index is 0.00000220. The van der Waals surface area contributed by atoms with E-state index in [1.54, 1.807) is 11.3 Å². The van der Waals surface area contributed by atoms with Crippen LogP contribution in [0.1, 0.15) is 9.75 Å². The maximum atomic E-state index is 4.24. The Kier molecular flexibility index (Phi) is 9.85. The number of nitrogens with one attached hydrogen (secondary N) is 2. The summed E-state index contributed by atoms with van der Waals surface area (Å²) in [6.45, 7) is 1.83. The van der Waals surface area contributed by atoms with E-state index in [-0.39, 0.29) is 24.0 Å². The first-order valence-electron chi connectivity index (χ1n) is 6.49. The second-order valence-electron chi connectivity index (χ2n) is 4.21. The second-order valence-corrected chi connectivity index (χ2v) is 8.31. The van der Waals surface area contributed by atoms with Crippen LogP contribution in [0.2, 0.25) is 0 Å². The molecule has 0 aliphatic carbocycles. The van der Waals surface area contributed by atoms with Crippen molar-refractivity contribution in [1.82, 2.24) is 10.6 Å². The number of hydrogen-bond acceptors (Lipinski definition) is 3. The average molecular weight is 547 g/mol. The molecule has 0 fully saturated rings. The molecule has 0 aliphatic rings. The molecule has 3 nitrogen and oxygen atoms in total. The lowest BCUT2D eigenvalue weighted by Gasteiger charge is -2.10. The van der Waals surface area contributed by atoms with Gasteiger partial charge in [-0.15, -0.1) is 46.7 Å². The van der Waals surface area contributed by atoms with E-state index < -0.39 is 0 Å². The fourth-order valence-corrected chi connectivity index (χ4v) is 4.23. The van der Waals surface area contributed by atoms with Gasteiger partial charge in [-0.05, 0) is 59.0 Å². The van der Waals surface area contributed by atoms with Crippen LogP contribution in [0.3, 0.4) is 0 Å². The summed E-state index contributed by atoms with van der Waals surface area (Å²) in [7, 11) is 1.81. The summed E-state index contributed by atoms with van der Waals surface area (Å²) >= 11 is 6.01. The topological polar surface area (TPSA) is 36.4 Å². The minimum absolute atomic E-state index is 0. The van der Waals surface area contributed by atoms with Gasteiger partial charge in [-0.1, -0.05) is 6.07 Å². The van der Waals surface area contributed by atoms with Gasteiger partial charge in [-0.25, -0.2) is 0 Å². The zero-order chi connectivity index (χ0) is 14.2. The molecule has 2 N–H and O–H groups in total. The predicted molar refractivity (Wildman–Crippen MR) is 114 cm³/mol. The smallest absolute Gasteiger partial charge is 0.190 e. The van der Waals surface area contributed by atoms with E-state index in [4.69, 9.17) is 0 Å². The van der Waals surface area contributed by atoms with Crippen LogP contribution < -0.4 is 10.6 Å². The van der Waals surface area contributed by atoms with Crippen molar-refractivity contribution in [2.75, 3.05) is 20.1 Å². The Morgan fingerprint density at radius 2 is 1.86 bits per heavy atom. The first-order valence-corrected chi connectivity index (χ1v) is 9.26. The normalized spacial score (nSPS) is 11.0. The summed E-state index contributed by atoms with van der Waals surface area (Å²) in [5, 5.41) is 8.82. The lowest BCUT2D eigenvalue weighted by atomic mass is 10.3. The lowest BCUT2D eigenvalue weighted by Crippen LogP contribution is -2.39. The summed E-state index contributed by atoms with van der Waals surface area (Å²) in [6, 6.07) is 8.62. The van der Waals surface area contributed by atoms with E-state index in [1.165, 1.54) is 12.6 Å². The van der Waals surface area contributed by atoms with Crippen LogP contribution in [-0.4, -0.2) is 26.1 Å². The van der Waals surface area contributed by atoms with Crippen molar-refractivity contribution in [3.05, 3.63) is 42.3 Å². The van der Waals surface area contributed by atoms with Crippen molar-refractivity contribution in [2.24, 2.45) is 4.99 Å². The van der Waals surface area contributed by atoms with Crippen molar-refractivity contribution < 1.29 is 0 Å². The van der Waals surface area contributed by atoms with Crippen LogP contribution in [0.15, 0.2) is 34.6 Å². The average Bonchev–Trinajstić information content (AvgIpc) is 3.09. The van der Waals surface area contributed by atoms with Gasteiger partial charge in [0, 0.05) is 29.9 Å². The minimum atomic E-state index is 0. The molecule has 7 heteroatoms. The molecule has 0 saturated carbocycles. The van der Waals surface area contributed by atoms with E-state index in [2.05, 4.69) is 67.9 Å². The first-order chi connectivity index (χ1) is 9.78. The number of halogens is 2. The summed E-state index contributed by atoms with van der Waals surface area (Å²) in [5.41, 5.74) is 0. The molecule has 0 aromatic carbocycles. The van der Waals surface area contributed by atoms with Gasteiger partial charge in [0.05, 0.1) is 2.88 Å². The Bertz CT molecular complexity index is 538. The molecule has 2 rings (SSSR count).